The fourth-order valence-corrected chi connectivity index (χ4v) is 7.52. The Morgan fingerprint density at radius 2 is 0.917 bits per heavy atom. The highest BCUT2D eigenvalue weighted by Crippen LogP contribution is 2.40. The van der Waals surface area contributed by atoms with E-state index < -0.39 is 0 Å². The summed E-state index contributed by atoms with van der Waals surface area (Å²) in [6.45, 7) is 0. The van der Waals surface area contributed by atoms with Gasteiger partial charge in [0.25, 0.3) is 0 Å². The zero-order chi connectivity index (χ0) is 31.6. The predicted molar refractivity (Wildman–Crippen MR) is 201 cm³/mol. The van der Waals surface area contributed by atoms with Crippen LogP contribution in [0.15, 0.2) is 176 Å². The number of rotatable bonds is 4. The number of para-hydroxylation sites is 3. The first-order valence-corrected chi connectivity index (χ1v) is 16.4. The number of hydrogen-bond acceptors (Lipinski definition) is 1. The van der Waals surface area contributed by atoms with E-state index >= 15 is 0 Å². The van der Waals surface area contributed by atoms with Crippen LogP contribution in [-0.4, -0.2) is 14.1 Å². The minimum atomic E-state index is 0.995. The van der Waals surface area contributed by atoms with E-state index in [1.807, 2.05) is 0 Å². The SMILES string of the molecule is c1ccc(-c2ccc(-n3c4ccc(-c5ccc6c7ccccc7n(-c7ccccc7)c6c5)cc4c4cnc5ccccc5c43)cc2)cc1. The standard InChI is InChI=1S/C45H29N3/c1-3-11-30(12-4-1)31-19-23-35(24-20-31)48-43-26-22-32(27-39(43)40-29-46-41-17-9-7-16-38(41)45(40)48)33-21-25-37-36-15-8-10-18-42(36)47(44(37)28-33)34-13-5-2-6-14-34/h1-29H. The highest BCUT2D eigenvalue weighted by atomic mass is 15.0. The summed E-state index contributed by atoms with van der Waals surface area (Å²) in [6, 6.07) is 61.1. The second kappa shape index (κ2) is 10.5. The lowest BCUT2D eigenvalue weighted by atomic mass is 10.0. The van der Waals surface area contributed by atoms with Gasteiger partial charge in [-0.1, -0.05) is 115 Å². The molecule has 0 saturated carbocycles. The number of hydrogen-bond donors (Lipinski definition) is 0. The first-order chi connectivity index (χ1) is 23.8. The van der Waals surface area contributed by atoms with Crippen LogP contribution in [0.1, 0.15) is 0 Å². The molecule has 0 atom stereocenters. The number of pyridine rings is 1. The number of benzene rings is 7. The van der Waals surface area contributed by atoms with Gasteiger partial charge in [-0.25, -0.2) is 0 Å². The molecule has 0 aliphatic carbocycles. The maximum Gasteiger partial charge on any atom is 0.0723 e. The molecule has 7 aromatic carbocycles. The van der Waals surface area contributed by atoms with Gasteiger partial charge in [-0.2, -0.15) is 0 Å². The molecule has 10 rings (SSSR count). The summed E-state index contributed by atoms with van der Waals surface area (Å²) < 4.78 is 4.79. The Kier molecular flexibility index (Phi) is 5.87. The summed E-state index contributed by atoms with van der Waals surface area (Å²) in [5.41, 5.74) is 12.8. The first-order valence-electron chi connectivity index (χ1n) is 16.4. The van der Waals surface area contributed by atoms with E-state index in [2.05, 4.69) is 185 Å². The molecule has 0 bridgehead atoms. The molecule has 0 N–H and O–H groups in total. The van der Waals surface area contributed by atoms with Gasteiger partial charge in [0.1, 0.15) is 0 Å². The molecule has 0 aliphatic rings. The lowest BCUT2D eigenvalue weighted by molar-refractivity contribution is 1.18. The third kappa shape index (κ3) is 4.04. The molecule has 3 nitrogen and oxygen atoms in total. The van der Waals surface area contributed by atoms with Crippen LogP contribution >= 0.6 is 0 Å². The Hall–Kier alpha value is -6.45. The van der Waals surface area contributed by atoms with Gasteiger partial charge in [0.2, 0.25) is 0 Å². The monoisotopic (exact) mass is 611 g/mol. The second-order valence-corrected chi connectivity index (χ2v) is 12.4. The molecular formula is C45H29N3. The van der Waals surface area contributed by atoms with E-state index in [1.165, 1.54) is 60.5 Å². The average Bonchev–Trinajstić information content (AvgIpc) is 3.68. The third-order valence-electron chi connectivity index (χ3n) is 9.75. The smallest absolute Gasteiger partial charge is 0.0723 e. The lowest BCUT2D eigenvalue weighted by Gasteiger charge is -2.11. The number of aromatic nitrogens is 3. The maximum atomic E-state index is 4.92. The van der Waals surface area contributed by atoms with Gasteiger partial charge >= 0.3 is 0 Å². The topological polar surface area (TPSA) is 22.8 Å². The van der Waals surface area contributed by atoms with Crippen LogP contribution in [0.3, 0.4) is 0 Å². The lowest BCUT2D eigenvalue weighted by Crippen LogP contribution is -1.95. The van der Waals surface area contributed by atoms with E-state index in [9.17, 15) is 0 Å². The maximum absolute atomic E-state index is 4.92. The molecule has 0 spiro atoms. The molecular weight excluding hydrogens is 583 g/mol. The average molecular weight is 612 g/mol. The third-order valence-corrected chi connectivity index (χ3v) is 9.75. The van der Waals surface area contributed by atoms with Crippen LogP contribution in [0.25, 0.3) is 88.1 Å². The molecule has 0 saturated heterocycles. The first kappa shape index (κ1) is 26.7. The summed E-state index contributed by atoms with van der Waals surface area (Å²) in [5.74, 6) is 0. The Bertz CT molecular complexity index is 2810. The zero-order valence-corrected chi connectivity index (χ0v) is 26.1. The van der Waals surface area contributed by atoms with E-state index in [-0.39, 0.29) is 0 Å². The Morgan fingerprint density at radius 1 is 0.333 bits per heavy atom. The Morgan fingerprint density at radius 3 is 1.75 bits per heavy atom. The molecule has 0 fully saturated rings. The fourth-order valence-electron chi connectivity index (χ4n) is 7.52. The zero-order valence-electron chi connectivity index (χ0n) is 26.1. The Balaban J connectivity index is 1.20. The molecule has 224 valence electrons. The largest absolute Gasteiger partial charge is 0.309 e. The number of fused-ring (bicyclic) bond motifs is 8. The van der Waals surface area contributed by atoms with Gasteiger partial charge in [0, 0.05) is 44.5 Å². The van der Waals surface area contributed by atoms with Crippen LogP contribution in [0.5, 0.6) is 0 Å². The Labute approximate surface area is 277 Å². The van der Waals surface area contributed by atoms with E-state index in [1.54, 1.807) is 0 Å². The summed E-state index contributed by atoms with van der Waals surface area (Å²) in [5, 5.41) is 6.01. The van der Waals surface area contributed by atoms with Crippen molar-refractivity contribution in [1.29, 1.82) is 0 Å². The minimum Gasteiger partial charge on any atom is -0.309 e. The quantitative estimate of drug-likeness (QED) is 0.194. The van der Waals surface area contributed by atoms with Crippen molar-refractivity contribution in [3.05, 3.63) is 176 Å². The minimum absolute atomic E-state index is 0.995. The van der Waals surface area contributed by atoms with E-state index in [4.69, 9.17) is 4.98 Å². The summed E-state index contributed by atoms with van der Waals surface area (Å²) in [7, 11) is 0. The van der Waals surface area contributed by atoms with E-state index in [0.717, 1.165) is 27.7 Å². The van der Waals surface area contributed by atoms with Crippen LogP contribution in [0.2, 0.25) is 0 Å². The predicted octanol–water partition coefficient (Wildman–Crippen LogP) is 11.8. The van der Waals surface area contributed by atoms with Gasteiger partial charge < -0.3 is 9.13 Å². The second-order valence-electron chi connectivity index (χ2n) is 12.4. The van der Waals surface area contributed by atoms with Crippen molar-refractivity contribution in [3.63, 3.8) is 0 Å². The van der Waals surface area contributed by atoms with Crippen molar-refractivity contribution in [2.75, 3.05) is 0 Å². The van der Waals surface area contributed by atoms with Crippen LogP contribution < -0.4 is 0 Å². The normalized spacial score (nSPS) is 11.8. The summed E-state index contributed by atoms with van der Waals surface area (Å²) >= 11 is 0. The molecule has 0 radical (unpaired) electrons. The molecule has 0 unspecified atom stereocenters. The van der Waals surface area contributed by atoms with Gasteiger partial charge in [-0.05, 0) is 76.9 Å². The van der Waals surface area contributed by atoms with Crippen molar-refractivity contribution in [2.45, 2.75) is 0 Å². The van der Waals surface area contributed by atoms with Crippen molar-refractivity contribution in [3.8, 4) is 33.6 Å². The van der Waals surface area contributed by atoms with E-state index in [0.29, 0.717) is 0 Å². The molecule has 3 aromatic heterocycles. The van der Waals surface area contributed by atoms with Gasteiger partial charge in [-0.3, -0.25) is 4.98 Å². The van der Waals surface area contributed by atoms with Gasteiger partial charge in [0.15, 0.2) is 0 Å². The van der Waals surface area contributed by atoms with Gasteiger partial charge in [-0.15, -0.1) is 0 Å². The van der Waals surface area contributed by atoms with Crippen molar-refractivity contribution < 1.29 is 0 Å². The van der Waals surface area contributed by atoms with Gasteiger partial charge in [0.05, 0.1) is 27.6 Å². The highest BCUT2D eigenvalue weighted by Gasteiger charge is 2.18. The highest BCUT2D eigenvalue weighted by molar-refractivity contribution is 6.18. The fraction of sp³-hybridized carbons (Fsp3) is 0. The molecule has 3 heteroatoms. The summed E-state index contributed by atoms with van der Waals surface area (Å²) in [6.07, 6.45) is 2.05. The molecule has 48 heavy (non-hydrogen) atoms. The molecule has 0 amide bonds. The van der Waals surface area contributed by atoms with Crippen LogP contribution in [-0.2, 0) is 0 Å². The van der Waals surface area contributed by atoms with Crippen molar-refractivity contribution in [1.82, 2.24) is 14.1 Å². The number of nitrogens with zero attached hydrogens (tertiary/aromatic N) is 3. The summed E-state index contributed by atoms with van der Waals surface area (Å²) in [4.78, 5) is 4.92. The van der Waals surface area contributed by atoms with Crippen molar-refractivity contribution in [2.24, 2.45) is 0 Å². The van der Waals surface area contributed by atoms with Crippen LogP contribution in [0.4, 0.5) is 0 Å². The molecule has 0 aliphatic heterocycles. The van der Waals surface area contributed by atoms with Crippen molar-refractivity contribution >= 4 is 54.5 Å². The molecule has 10 aromatic rings. The van der Waals surface area contributed by atoms with Crippen LogP contribution in [0, 0.1) is 0 Å². The molecule has 3 heterocycles.